The monoisotopic (exact) mass is 356 g/mol. The van der Waals surface area contributed by atoms with Gasteiger partial charge in [-0.3, -0.25) is 9.80 Å². The van der Waals surface area contributed by atoms with Crippen molar-refractivity contribution >= 4 is 23.3 Å². The first-order valence-corrected chi connectivity index (χ1v) is 9.18. The summed E-state index contributed by atoms with van der Waals surface area (Å²) in [5, 5.41) is 15.5. The zero-order chi connectivity index (χ0) is 18.3. The van der Waals surface area contributed by atoms with Gasteiger partial charge in [0.25, 0.3) is 5.91 Å². The van der Waals surface area contributed by atoms with Gasteiger partial charge in [-0.2, -0.15) is 5.10 Å². The molecule has 138 valence electrons. The SMILES string of the molecule is CN1CCC2CCN(C(=O)C3=NN(c4ccccc4)C(C(=O)O)C3)C2C1. The number of carbonyl (C=O) groups excluding carboxylic acids is 1. The molecule has 1 N–H and O–H groups in total. The van der Waals surface area contributed by atoms with Crippen LogP contribution in [-0.2, 0) is 9.59 Å². The van der Waals surface area contributed by atoms with Crippen LogP contribution in [0.15, 0.2) is 35.4 Å². The molecule has 0 saturated carbocycles. The number of piperidine rings is 1. The lowest BCUT2D eigenvalue weighted by molar-refractivity contribution is -0.138. The van der Waals surface area contributed by atoms with Crippen molar-refractivity contribution < 1.29 is 14.7 Å². The van der Waals surface area contributed by atoms with Crippen molar-refractivity contribution in [3.05, 3.63) is 30.3 Å². The van der Waals surface area contributed by atoms with Crippen LogP contribution in [0.2, 0.25) is 0 Å². The van der Waals surface area contributed by atoms with Gasteiger partial charge in [-0.25, -0.2) is 4.79 Å². The van der Waals surface area contributed by atoms with Crippen LogP contribution in [-0.4, -0.2) is 71.3 Å². The summed E-state index contributed by atoms with van der Waals surface area (Å²) in [5.74, 6) is -0.507. The maximum Gasteiger partial charge on any atom is 0.328 e. The minimum atomic E-state index is -0.961. The molecular formula is C19H24N4O3. The molecule has 3 heterocycles. The van der Waals surface area contributed by atoms with Crippen molar-refractivity contribution in [2.45, 2.75) is 31.3 Å². The van der Waals surface area contributed by atoms with E-state index in [0.717, 1.165) is 32.5 Å². The van der Waals surface area contributed by atoms with E-state index in [1.54, 1.807) is 0 Å². The van der Waals surface area contributed by atoms with Crippen molar-refractivity contribution in [3.63, 3.8) is 0 Å². The molecule has 1 aromatic carbocycles. The van der Waals surface area contributed by atoms with Crippen molar-refractivity contribution in [1.82, 2.24) is 9.80 Å². The number of amides is 1. The molecule has 4 rings (SSSR count). The molecule has 26 heavy (non-hydrogen) atoms. The Labute approximate surface area is 152 Å². The van der Waals surface area contributed by atoms with Gasteiger partial charge in [0.1, 0.15) is 5.71 Å². The van der Waals surface area contributed by atoms with E-state index in [1.165, 1.54) is 5.01 Å². The molecular weight excluding hydrogens is 332 g/mol. The average molecular weight is 356 g/mol. The number of carboxylic acid groups (broad SMARTS) is 1. The number of anilines is 1. The lowest BCUT2D eigenvalue weighted by Gasteiger charge is -2.36. The highest BCUT2D eigenvalue weighted by Crippen LogP contribution is 2.33. The second-order valence-electron chi connectivity index (χ2n) is 7.45. The highest BCUT2D eigenvalue weighted by molar-refractivity contribution is 6.40. The van der Waals surface area contributed by atoms with E-state index in [1.807, 2.05) is 35.2 Å². The number of hydrazone groups is 1. The van der Waals surface area contributed by atoms with Gasteiger partial charge in [-0.1, -0.05) is 18.2 Å². The predicted octanol–water partition coefficient (Wildman–Crippen LogP) is 1.26. The fourth-order valence-corrected chi connectivity index (χ4v) is 4.37. The maximum absolute atomic E-state index is 13.1. The van der Waals surface area contributed by atoms with Gasteiger partial charge in [0.05, 0.1) is 5.69 Å². The number of carboxylic acids is 1. The summed E-state index contributed by atoms with van der Waals surface area (Å²) in [6.07, 6.45) is 2.29. The molecule has 1 aromatic rings. The largest absolute Gasteiger partial charge is 0.480 e. The van der Waals surface area contributed by atoms with Crippen molar-refractivity contribution in [1.29, 1.82) is 0 Å². The van der Waals surface area contributed by atoms with Crippen molar-refractivity contribution in [2.75, 3.05) is 31.7 Å². The molecule has 0 aliphatic carbocycles. The summed E-state index contributed by atoms with van der Waals surface area (Å²) in [4.78, 5) is 29.0. The minimum Gasteiger partial charge on any atom is -0.480 e. The molecule has 0 aromatic heterocycles. The minimum absolute atomic E-state index is 0.0996. The first kappa shape index (κ1) is 17.0. The van der Waals surface area contributed by atoms with Crippen molar-refractivity contribution in [2.24, 2.45) is 11.0 Å². The molecule has 0 bridgehead atoms. The Balaban J connectivity index is 1.57. The number of nitrogens with zero attached hydrogens (tertiary/aromatic N) is 4. The Morgan fingerprint density at radius 2 is 1.88 bits per heavy atom. The Hall–Kier alpha value is -2.41. The predicted molar refractivity (Wildman–Crippen MR) is 98.1 cm³/mol. The number of para-hydroxylation sites is 1. The number of aliphatic carboxylic acids is 1. The van der Waals surface area contributed by atoms with Crippen LogP contribution >= 0.6 is 0 Å². The number of fused-ring (bicyclic) bond motifs is 1. The van der Waals surface area contributed by atoms with Crippen LogP contribution in [0.5, 0.6) is 0 Å². The van der Waals surface area contributed by atoms with Crippen LogP contribution in [0.1, 0.15) is 19.3 Å². The van der Waals surface area contributed by atoms with Gasteiger partial charge in [0, 0.05) is 25.6 Å². The summed E-state index contributed by atoms with van der Waals surface area (Å²) in [5.41, 5.74) is 1.05. The maximum atomic E-state index is 13.1. The Kier molecular flexibility index (Phi) is 4.40. The number of likely N-dealkylation sites (tertiary alicyclic amines) is 2. The van der Waals surface area contributed by atoms with Gasteiger partial charge in [0.2, 0.25) is 0 Å². The number of hydrogen-bond acceptors (Lipinski definition) is 5. The summed E-state index contributed by atoms with van der Waals surface area (Å²) in [6.45, 7) is 2.70. The van der Waals surface area contributed by atoms with Crippen LogP contribution in [0, 0.1) is 5.92 Å². The van der Waals surface area contributed by atoms with Crippen molar-refractivity contribution in [3.8, 4) is 0 Å². The zero-order valence-electron chi connectivity index (χ0n) is 14.9. The third-order valence-electron chi connectivity index (χ3n) is 5.79. The lowest BCUT2D eigenvalue weighted by Crippen LogP contribution is -2.50. The third-order valence-corrected chi connectivity index (χ3v) is 5.79. The fraction of sp³-hybridized carbons (Fsp3) is 0.526. The Bertz CT molecular complexity index is 736. The van der Waals surface area contributed by atoms with E-state index in [2.05, 4.69) is 17.0 Å². The quantitative estimate of drug-likeness (QED) is 0.882. The first-order chi connectivity index (χ1) is 12.5. The van der Waals surface area contributed by atoms with Crippen LogP contribution in [0.3, 0.4) is 0 Å². The Morgan fingerprint density at radius 3 is 2.62 bits per heavy atom. The molecule has 7 nitrogen and oxygen atoms in total. The van der Waals surface area contributed by atoms with Gasteiger partial charge >= 0.3 is 5.97 Å². The zero-order valence-corrected chi connectivity index (χ0v) is 14.9. The Morgan fingerprint density at radius 1 is 1.15 bits per heavy atom. The summed E-state index contributed by atoms with van der Waals surface area (Å²) < 4.78 is 0. The second-order valence-corrected chi connectivity index (χ2v) is 7.45. The summed E-state index contributed by atoms with van der Waals surface area (Å²) >= 11 is 0. The van der Waals surface area contributed by atoms with Gasteiger partial charge < -0.3 is 14.9 Å². The molecule has 0 spiro atoms. The highest BCUT2D eigenvalue weighted by atomic mass is 16.4. The van der Waals surface area contributed by atoms with Crippen LogP contribution in [0.4, 0.5) is 5.69 Å². The third kappa shape index (κ3) is 2.96. The number of rotatable bonds is 3. The molecule has 3 aliphatic heterocycles. The van der Waals surface area contributed by atoms with Gasteiger partial charge in [-0.05, 0) is 44.5 Å². The molecule has 7 heteroatoms. The number of benzene rings is 1. The van der Waals surface area contributed by atoms with Crippen LogP contribution < -0.4 is 5.01 Å². The van der Waals surface area contributed by atoms with E-state index in [-0.39, 0.29) is 18.4 Å². The standard InChI is InChI=1S/C19H24N4O3/c1-21-9-7-13-8-10-22(17(13)12-21)18(24)15-11-16(19(25)26)23(20-15)14-5-3-2-4-6-14/h2-6,13,16-17H,7-12H2,1H3,(H,25,26). The van der Waals surface area contributed by atoms with E-state index >= 15 is 0 Å². The molecule has 3 unspecified atom stereocenters. The molecule has 3 aliphatic rings. The second kappa shape index (κ2) is 6.72. The van der Waals surface area contributed by atoms with Gasteiger partial charge in [0.15, 0.2) is 6.04 Å². The van der Waals surface area contributed by atoms with E-state index in [0.29, 0.717) is 17.3 Å². The van der Waals surface area contributed by atoms with Gasteiger partial charge in [-0.15, -0.1) is 0 Å². The first-order valence-electron chi connectivity index (χ1n) is 9.18. The summed E-state index contributed by atoms with van der Waals surface area (Å²) in [6, 6.07) is 8.57. The number of hydrogen-bond donors (Lipinski definition) is 1. The smallest absolute Gasteiger partial charge is 0.328 e. The van der Waals surface area contributed by atoms with E-state index < -0.39 is 12.0 Å². The van der Waals surface area contributed by atoms with Crippen LogP contribution in [0.25, 0.3) is 0 Å². The highest BCUT2D eigenvalue weighted by Gasteiger charge is 2.44. The average Bonchev–Trinajstić information content (AvgIpc) is 3.26. The van der Waals surface area contributed by atoms with E-state index in [9.17, 15) is 14.7 Å². The molecule has 1 amide bonds. The fourth-order valence-electron chi connectivity index (χ4n) is 4.37. The van der Waals surface area contributed by atoms with E-state index in [4.69, 9.17) is 0 Å². The summed E-state index contributed by atoms with van der Waals surface area (Å²) in [7, 11) is 2.09. The topological polar surface area (TPSA) is 76.5 Å². The molecule has 2 saturated heterocycles. The molecule has 2 fully saturated rings. The lowest BCUT2D eigenvalue weighted by atomic mass is 9.92. The number of likely N-dealkylation sites (N-methyl/N-ethyl adjacent to an activating group) is 1. The normalized spacial score (nSPS) is 28.8. The number of carbonyl (C=O) groups is 2. The molecule has 3 atom stereocenters. The molecule has 0 radical (unpaired) electrons.